The molecule has 8 heteroatoms. The second-order valence-electron chi connectivity index (χ2n) is 6.04. The van der Waals surface area contributed by atoms with Gasteiger partial charge in [0.2, 0.25) is 5.91 Å². The van der Waals surface area contributed by atoms with E-state index in [1.54, 1.807) is 6.92 Å². The summed E-state index contributed by atoms with van der Waals surface area (Å²) in [5, 5.41) is 3.34. The van der Waals surface area contributed by atoms with E-state index in [0.717, 1.165) is 15.8 Å². The van der Waals surface area contributed by atoms with E-state index in [1.807, 2.05) is 54.6 Å². The molecule has 0 aliphatic heterocycles. The van der Waals surface area contributed by atoms with Gasteiger partial charge in [0.05, 0.1) is 21.2 Å². The number of hydrogen-bond acceptors (Lipinski definition) is 6. The maximum absolute atomic E-state index is 12.5. The number of aromatic nitrogens is 3. The summed E-state index contributed by atoms with van der Waals surface area (Å²) in [4.78, 5) is 36.1. The van der Waals surface area contributed by atoms with Crippen molar-refractivity contribution in [2.24, 2.45) is 0 Å². The number of rotatable bonds is 5. The van der Waals surface area contributed by atoms with Crippen LogP contribution in [0, 0.1) is 0 Å². The molecule has 2 N–H and O–H groups in total. The monoisotopic (exact) mass is 408 g/mol. The first-order chi connectivity index (χ1) is 13.6. The lowest BCUT2D eigenvalue weighted by Crippen LogP contribution is -2.23. The lowest BCUT2D eigenvalue weighted by Gasteiger charge is -2.10. The van der Waals surface area contributed by atoms with E-state index < -0.39 is 5.25 Å². The summed E-state index contributed by atoms with van der Waals surface area (Å²) in [5.74, 6) is -0.197. The highest BCUT2D eigenvalue weighted by molar-refractivity contribution is 8.00. The van der Waals surface area contributed by atoms with Crippen LogP contribution in [0.5, 0.6) is 0 Å². The van der Waals surface area contributed by atoms with Gasteiger partial charge in [0.15, 0.2) is 10.3 Å². The number of H-pyrrole nitrogens is 1. The number of hydrogen-bond donors (Lipinski definition) is 2. The molecule has 0 aliphatic carbocycles. The fraction of sp³-hybridized carbons (Fsp3) is 0.100. The second kappa shape index (κ2) is 7.95. The van der Waals surface area contributed by atoms with Crippen LogP contribution in [0.4, 0.5) is 5.13 Å². The van der Waals surface area contributed by atoms with E-state index in [1.165, 1.54) is 29.2 Å². The SMILES string of the molecule is C[C@H](Sc1nc(-c2ccccc2)cc(=O)[nH]1)C(=O)Nc1nc2ccccc2s1. The van der Waals surface area contributed by atoms with Crippen LogP contribution in [0.15, 0.2) is 70.6 Å². The molecular weight excluding hydrogens is 392 g/mol. The van der Waals surface area contributed by atoms with Crippen molar-refractivity contribution < 1.29 is 4.79 Å². The normalized spacial score (nSPS) is 12.0. The number of nitrogens with zero attached hydrogens (tertiary/aromatic N) is 2. The maximum atomic E-state index is 12.5. The Morgan fingerprint density at radius 3 is 2.64 bits per heavy atom. The van der Waals surface area contributed by atoms with Gasteiger partial charge in [-0.25, -0.2) is 9.97 Å². The van der Waals surface area contributed by atoms with E-state index in [0.29, 0.717) is 16.0 Å². The van der Waals surface area contributed by atoms with Crippen LogP contribution in [0.3, 0.4) is 0 Å². The highest BCUT2D eigenvalue weighted by atomic mass is 32.2. The molecule has 4 aromatic rings. The largest absolute Gasteiger partial charge is 0.301 e. The third-order valence-corrected chi connectivity index (χ3v) is 5.91. The van der Waals surface area contributed by atoms with Gasteiger partial charge in [0.1, 0.15) is 0 Å². The first kappa shape index (κ1) is 18.4. The summed E-state index contributed by atoms with van der Waals surface area (Å²) >= 11 is 2.62. The van der Waals surface area contributed by atoms with E-state index in [2.05, 4.69) is 20.3 Å². The zero-order valence-corrected chi connectivity index (χ0v) is 16.5. The molecule has 0 fully saturated rings. The summed E-state index contributed by atoms with van der Waals surface area (Å²) in [5.41, 5.74) is 2.02. The number of nitrogens with one attached hydrogen (secondary N) is 2. The zero-order chi connectivity index (χ0) is 19.5. The van der Waals surface area contributed by atoms with Gasteiger partial charge in [-0.2, -0.15) is 0 Å². The van der Waals surface area contributed by atoms with Crippen molar-refractivity contribution in [2.75, 3.05) is 5.32 Å². The lowest BCUT2D eigenvalue weighted by molar-refractivity contribution is -0.115. The highest BCUT2D eigenvalue weighted by Gasteiger charge is 2.18. The number of fused-ring (bicyclic) bond motifs is 1. The Morgan fingerprint density at radius 1 is 1.11 bits per heavy atom. The molecule has 2 aromatic carbocycles. The minimum atomic E-state index is -0.457. The molecule has 1 atom stereocenters. The van der Waals surface area contributed by atoms with Gasteiger partial charge >= 0.3 is 0 Å². The number of benzene rings is 2. The average molecular weight is 409 g/mol. The number of carbonyl (C=O) groups excluding carboxylic acids is 1. The molecule has 4 rings (SSSR count). The number of aromatic amines is 1. The summed E-state index contributed by atoms with van der Waals surface area (Å²) < 4.78 is 1.01. The number of carbonyl (C=O) groups is 1. The van der Waals surface area contributed by atoms with E-state index in [9.17, 15) is 9.59 Å². The predicted octanol–water partition coefficient (Wildman–Crippen LogP) is 4.17. The number of amides is 1. The molecule has 28 heavy (non-hydrogen) atoms. The van der Waals surface area contributed by atoms with Crippen LogP contribution in [0.25, 0.3) is 21.5 Å². The fourth-order valence-corrected chi connectivity index (χ4v) is 4.28. The quantitative estimate of drug-likeness (QED) is 0.382. The number of thiazole rings is 1. The predicted molar refractivity (Wildman–Crippen MR) is 114 cm³/mol. The molecule has 0 unspecified atom stereocenters. The van der Waals surface area contributed by atoms with Crippen molar-refractivity contribution in [3.63, 3.8) is 0 Å². The van der Waals surface area contributed by atoms with Gasteiger partial charge in [-0.3, -0.25) is 9.59 Å². The molecule has 0 radical (unpaired) electrons. The Hall–Kier alpha value is -2.97. The molecule has 2 heterocycles. The van der Waals surface area contributed by atoms with Crippen LogP contribution in [-0.4, -0.2) is 26.1 Å². The summed E-state index contributed by atoms with van der Waals surface area (Å²) in [6.07, 6.45) is 0. The van der Waals surface area contributed by atoms with Crippen molar-refractivity contribution in [3.05, 3.63) is 71.0 Å². The minimum Gasteiger partial charge on any atom is -0.301 e. The van der Waals surface area contributed by atoms with Crippen LogP contribution >= 0.6 is 23.1 Å². The Balaban J connectivity index is 1.49. The molecular formula is C20H16N4O2S2. The van der Waals surface area contributed by atoms with Crippen LogP contribution in [-0.2, 0) is 4.79 Å². The van der Waals surface area contributed by atoms with Crippen LogP contribution in [0.1, 0.15) is 6.92 Å². The summed E-state index contributed by atoms with van der Waals surface area (Å²) in [6.45, 7) is 1.77. The summed E-state index contributed by atoms with van der Waals surface area (Å²) in [6, 6.07) is 18.6. The van der Waals surface area contributed by atoms with Crippen LogP contribution in [0.2, 0.25) is 0 Å². The van der Waals surface area contributed by atoms with E-state index in [4.69, 9.17) is 0 Å². The van der Waals surface area contributed by atoms with Gasteiger partial charge in [0, 0.05) is 11.6 Å². The molecule has 1 amide bonds. The Morgan fingerprint density at radius 2 is 1.86 bits per heavy atom. The van der Waals surface area contributed by atoms with Gasteiger partial charge in [-0.15, -0.1) is 0 Å². The van der Waals surface area contributed by atoms with Gasteiger partial charge in [0.25, 0.3) is 5.56 Å². The zero-order valence-electron chi connectivity index (χ0n) is 14.9. The smallest absolute Gasteiger partial charge is 0.252 e. The fourth-order valence-electron chi connectivity index (χ4n) is 2.60. The first-order valence-corrected chi connectivity index (χ1v) is 10.3. The molecule has 0 aliphatic rings. The third kappa shape index (κ3) is 4.13. The molecule has 140 valence electrons. The molecule has 6 nitrogen and oxygen atoms in total. The number of thioether (sulfide) groups is 1. The average Bonchev–Trinajstić information content (AvgIpc) is 3.10. The van der Waals surface area contributed by atoms with Crippen molar-refractivity contribution in [1.82, 2.24) is 15.0 Å². The highest BCUT2D eigenvalue weighted by Crippen LogP contribution is 2.27. The van der Waals surface area contributed by atoms with Crippen molar-refractivity contribution in [3.8, 4) is 11.3 Å². The second-order valence-corrected chi connectivity index (χ2v) is 8.40. The molecule has 0 saturated carbocycles. The van der Waals surface area contributed by atoms with E-state index >= 15 is 0 Å². The van der Waals surface area contributed by atoms with Crippen molar-refractivity contribution in [2.45, 2.75) is 17.3 Å². The van der Waals surface area contributed by atoms with Gasteiger partial charge in [-0.05, 0) is 19.1 Å². The van der Waals surface area contributed by atoms with Gasteiger partial charge < -0.3 is 10.3 Å². The molecule has 0 spiro atoms. The first-order valence-electron chi connectivity index (χ1n) is 8.58. The lowest BCUT2D eigenvalue weighted by atomic mass is 10.1. The van der Waals surface area contributed by atoms with Gasteiger partial charge in [-0.1, -0.05) is 65.6 Å². The van der Waals surface area contributed by atoms with E-state index in [-0.39, 0.29) is 11.5 Å². The Kier molecular flexibility index (Phi) is 5.23. The summed E-state index contributed by atoms with van der Waals surface area (Å²) in [7, 11) is 0. The molecule has 0 saturated heterocycles. The van der Waals surface area contributed by atoms with Crippen LogP contribution < -0.4 is 10.9 Å². The Bertz CT molecular complexity index is 1150. The van der Waals surface area contributed by atoms with Crippen molar-refractivity contribution >= 4 is 44.4 Å². The number of anilines is 1. The molecule has 0 bridgehead atoms. The topological polar surface area (TPSA) is 87.7 Å². The minimum absolute atomic E-state index is 0.197. The third-order valence-electron chi connectivity index (χ3n) is 3.97. The number of para-hydroxylation sites is 1. The van der Waals surface area contributed by atoms with Crippen molar-refractivity contribution in [1.29, 1.82) is 0 Å². The Labute approximate surface area is 169 Å². The maximum Gasteiger partial charge on any atom is 0.252 e. The standard InChI is InChI=1S/C20H16N4O2S2/c1-12(18(26)24-20-21-14-9-5-6-10-16(14)28-20)27-19-22-15(11-17(25)23-19)13-7-3-2-4-8-13/h2-12H,1H3,(H,21,24,26)(H,22,23,25)/t12-/m0/s1. The molecule has 2 aromatic heterocycles.